The quantitative estimate of drug-likeness (QED) is 0.878. The molecule has 1 fully saturated rings. The molecule has 0 spiro atoms. The number of nitrogens with one attached hydrogen (secondary N) is 1. The molecule has 0 aromatic heterocycles. The van der Waals surface area contributed by atoms with Crippen molar-refractivity contribution in [2.45, 2.75) is 38.5 Å². The topological polar surface area (TPSA) is 41.6 Å². The number of ether oxygens (including phenoxy) is 1. The Morgan fingerprint density at radius 3 is 2.68 bits per heavy atom. The molecular weight excluding hydrogens is 312 g/mol. The Bertz CT molecular complexity index is 687. The zero-order valence-electron chi connectivity index (χ0n) is 14.8. The van der Waals surface area contributed by atoms with Crippen molar-refractivity contribution >= 4 is 5.91 Å². The van der Waals surface area contributed by atoms with Gasteiger partial charge in [0.25, 0.3) is 0 Å². The lowest BCUT2D eigenvalue weighted by Crippen LogP contribution is -2.48. The van der Waals surface area contributed by atoms with E-state index in [9.17, 15) is 4.79 Å². The van der Waals surface area contributed by atoms with Crippen molar-refractivity contribution < 1.29 is 9.53 Å². The molecule has 2 aromatic carbocycles. The van der Waals surface area contributed by atoms with Gasteiger partial charge in [-0.25, -0.2) is 0 Å². The molecule has 4 heteroatoms. The SMILES string of the molecule is CNC(=O)[C@H]1CCCCN1Cc1ccccc1OCc1ccccc1. The van der Waals surface area contributed by atoms with Crippen molar-refractivity contribution in [3.63, 3.8) is 0 Å². The minimum absolute atomic E-state index is 0.0408. The largest absolute Gasteiger partial charge is 0.489 e. The van der Waals surface area contributed by atoms with Gasteiger partial charge in [0.05, 0.1) is 6.04 Å². The number of amides is 1. The van der Waals surface area contributed by atoms with E-state index in [1.54, 1.807) is 7.05 Å². The van der Waals surface area contributed by atoms with E-state index >= 15 is 0 Å². The molecular formula is C21H26N2O2. The standard InChI is InChI=1S/C21H26N2O2/c1-22-21(24)19-12-7-8-14-23(19)15-18-11-5-6-13-20(18)25-16-17-9-3-2-4-10-17/h2-6,9-11,13,19H,7-8,12,14-16H2,1H3,(H,22,24)/t19-/m1/s1. The van der Waals surface area contributed by atoms with Gasteiger partial charge in [-0.2, -0.15) is 0 Å². The molecule has 1 N–H and O–H groups in total. The minimum Gasteiger partial charge on any atom is -0.489 e. The molecule has 4 nitrogen and oxygen atoms in total. The van der Waals surface area contributed by atoms with Gasteiger partial charge in [-0.1, -0.05) is 55.0 Å². The summed E-state index contributed by atoms with van der Waals surface area (Å²) in [5.41, 5.74) is 2.28. The number of likely N-dealkylation sites (tertiary alicyclic amines) is 1. The maximum absolute atomic E-state index is 12.2. The number of piperidine rings is 1. The third kappa shape index (κ3) is 4.60. The third-order valence-electron chi connectivity index (χ3n) is 4.75. The molecule has 1 saturated heterocycles. The van der Waals surface area contributed by atoms with Crippen molar-refractivity contribution in [3.05, 3.63) is 65.7 Å². The average molecular weight is 338 g/mol. The van der Waals surface area contributed by atoms with Gasteiger partial charge in [0.2, 0.25) is 5.91 Å². The summed E-state index contributed by atoms with van der Waals surface area (Å²) in [6.45, 7) is 2.24. The van der Waals surface area contributed by atoms with Gasteiger partial charge in [0, 0.05) is 19.2 Å². The number of nitrogens with zero attached hydrogens (tertiary/aromatic N) is 1. The fraction of sp³-hybridized carbons (Fsp3) is 0.381. The monoisotopic (exact) mass is 338 g/mol. The van der Waals surface area contributed by atoms with Gasteiger partial charge < -0.3 is 10.1 Å². The lowest BCUT2D eigenvalue weighted by molar-refractivity contribution is -0.127. The number of benzene rings is 2. The van der Waals surface area contributed by atoms with E-state index < -0.39 is 0 Å². The van der Waals surface area contributed by atoms with Crippen LogP contribution in [0.15, 0.2) is 54.6 Å². The van der Waals surface area contributed by atoms with Crippen LogP contribution in [0, 0.1) is 0 Å². The number of hydrogen-bond donors (Lipinski definition) is 1. The number of rotatable bonds is 6. The van der Waals surface area contributed by atoms with Crippen LogP contribution in [-0.2, 0) is 17.9 Å². The maximum Gasteiger partial charge on any atom is 0.237 e. The van der Waals surface area contributed by atoms with Crippen LogP contribution in [0.4, 0.5) is 0 Å². The summed E-state index contributed by atoms with van der Waals surface area (Å²) in [6.07, 6.45) is 3.17. The van der Waals surface area contributed by atoms with Crippen molar-refractivity contribution in [2.75, 3.05) is 13.6 Å². The first kappa shape index (κ1) is 17.5. The second-order valence-electron chi connectivity index (χ2n) is 6.48. The summed E-state index contributed by atoms with van der Waals surface area (Å²) >= 11 is 0. The van der Waals surface area contributed by atoms with E-state index in [-0.39, 0.29) is 11.9 Å². The molecule has 132 valence electrons. The Kier molecular flexibility index (Phi) is 6.07. The molecule has 1 atom stereocenters. The maximum atomic E-state index is 12.2. The molecule has 0 saturated carbocycles. The van der Waals surface area contributed by atoms with Crippen LogP contribution in [0.1, 0.15) is 30.4 Å². The first-order chi connectivity index (χ1) is 12.3. The summed E-state index contributed by atoms with van der Waals surface area (Å²) < 4.78 is 6.06. The summed E-state index contributed by atoms with van der Waals surface area (Å²) in [6, 6.07) is 18.3. The van der Waals surface area contributed by atoms with Gasteiger partial charge in [0.1, 0.15) is 12.4 Å². The van der Waals surface area contributed by atoms with Crippen molar-refractivity contribution in [1.82, 2.24) is 10.2 Å². The van der Waals surface area contributed by atoms with Crippen LogP contribution in [0.5, 0.6) is 5.75 Å². The summed E-state index contributed by atoms with van der Waals surface area (Å²) in [4.78, 5) is 14.4. The van der Waals surface area contributed by atoms with Crippen LogP contribution in [0.3, 0.4) is 0 Å². The van der Waals surface area contributed by atoms with Crippen LogP contribution >= 0.6 is 0 Å². The summed E-state index contributed by atoms with van der Waals surface area (Å²) in [7, 11) is 1.71. The summed E-state index contributed by atoms with van der Waals surface area (Å²) in [5, 5.41) is 2.80. The number of carbonyl (C=O) groups is 1. The number of hydrogen-bond acceptors (Lipinski definition) is 3. The highest BCUT2D eigenvalue weighted by Gasteiger charge is 2.28. The van der Waals surface area contributed by atoms with E-state index in [2.05, 4.69) is 28.4 Å². The molecule has 0 unspecified atom stereocenters. The van der Waals surface area contributed by atoms with E-state index in [1.165, 1.54) is 0 Å². The molecule has 1 amide bonds. The molecule has 1 aliphatic rings. The first-order valence-electron chi connectivity index (χ1n) is 8.98. The predicted octanol–water partition coefficient (Wildman–Crippen LogP) is 3.37. The van der Waals surface area contributed by atoms with Gasteiger partial charge in [-0.3, -0.25) is 9.69 Å². The number of carbonyl (C=O) groups excluding carboxylic acids is 1. The van der Waals surface area contributed by atoms with E-state index in [0.29, 0.717) is 6.61 Å². The molecule has 0 radical (unpaired) electrons. The molecule has 0 bridgehead atoms. The van der Waals surface area contributed by atoms with Gasteiger partial charge in [-0.05, 0) is 31.0 Å². The van der Waals surface area contributed by atoms with Gasteiger partial charge in [0.15, 0.2) is 0 Å². The molecule has 1 aliphatic heterocycles. The molecule has 2 aromatic rings. The van der Waals surface area contributed by atoms with Crippen LogP contribution in [-0.4, -0.2) is 30.4 Å². The lowest BCUT2D eigenvalue weighted by atomic mass is 10.0. The second-order valence-corrected chi connectivity index (χ2v) is 6.48. The number of para-hydroxylation sites is 1. The normalized spacial score (nSPS) is 17.9. The smallest absolute Gasteiger partial charge is 0.237 e. The van der Waals surface area contributed by atoms with Crippen LogP contribution in [0.25, 0.3) is 0 Å². The average Bonchev–Trinajstić information content (AvgIpc) is 2.68. The molecule has 3 rings (SSSR count). The van der Waals surface area contributed by atoms with Gasteiger partial charge in [-0.15, -0.1) is 0 Å². The van der Waals surface area contributed by atoms with Gasteiger partial charge >= 0.3 is 0 Å². The molecule has 25 heavy (non-hydrogen) atoms. The van der Waals surface area contributed by atoms with Crippen molar-refractivity contribution in [3.8, 4) is 5.75 Å². The highest BCUT2D eigenvalue weighted by atomic mass is 16.5. The lowest BCUT2D eigenvalue weighted by Gasteiger charge is -2.34. The Balaban J connectivity index is 1.70. The fourth-order valence-corrected chi connectivity index (χ4v) is 3.37. The number of likely N-dealkylation sites (N-methyl/N-ethyl adjacent to an activating group) is 1. The Hall–Kier alpha value is -2.33. The third-order valence-corrected chi connectivity index (χ3v) is 4.75. The molecule has 1 heterocycles. The Morgan fingerprint density at radius 2 is 1.88 bits per heavy atom. The van der Waals surface area contributed by atoms with E-state index in [4.69, 9.17) is 4.74 Å². The molecule has 0 aliphatic carbocycles. The Morgan fingerprint density at radius 1 is 1.12 bits per heavy atom. The zero-order chi connectivity index (χ0) is 17.5. The van der Waals surface area contributed by atoms with E-state index in [0.717, 1.165) is 49.2 Å². The highest BCUT2D eigenvalue weighted by molar-refractivity contribution is 5.81. The zero-order valence-corrected chi connectivity index (χ0v) is 14.8. The fourth-order valence-electron chi connectivity index (χ4n) is 3.37. The van der Waals surface area contributed by atoms with Crippen LogP contribution < -0.4 is 10.1 Å². The second kappa shape index (κ2) is 8.67. The van der Waals surface area contributed by atoms with Crippen molar-refractivity contribution in [2.24, 2.45) is 0 Å². The summed E-state index contributed by atoms with van der Waals surface area (Å²) in [5.74, 6) is 1.01. The minimum atomic E-state index is -0.0408. The van der Waals surface area contributed by atoms with Crippen LogP contribution in [0.2, 0.25) is 0 Å². The van der Waals surface area contributed by atoms with Crippen molar-refractivity contribution in [1.29, 1.82) is 0 Å². The predicted molar refractivity (Wildman–Crippen MR) is 99.3 cm³/mol. The van der Waals surface area contributed by atoms with E-state index in [1.807, 2.05) is 36.4 Å². The highest BCUT2D eigenvalue weighted by Crippen LogP contribution is 2.25. The first-order valence-corrected chi connectivity index (χ1v) is 8.98. The Labute approximate surface area is 149 Å².